The van der Waals surface area contributed by atoms with Gasteiger partial charge in [0.15, 0.2) is 0 Å². The van der Waals surface area contributed by atoms with Gasteiger partial charge in [-0.2, -0.15) is 13.2 Å². The van der Waals surface area contributed by atoms with E-state index in [0.29, 0.717) is 24.0 Å². The summed E-state index contributed by atoms with van der Waals surface area (Å²) in [4.78, 5) is 0. The molecule has 0 atom stereocenters. The maximum atomic E-state index is 14.0. The van der Waals surface area contributed by atoms with Crippen LogP contribution in [-0.2, 0) is 12.6 Å². The van der Waals surface area contributed by atoms with Crippen molar-refractivity contribution in [3.05, 3.63) is 35.1 Å². The highest BCUT2D eigenvalue weighted by atomic mass is 19.4. The van der Waals surface area contributed by atoms with Crippen molar-refractivity contribution in [2.24, 2.45) is 11.8 Å². The molecular weight excluding hydrogens is 424 g/mol. The van der Waals surface area contributed by atoms with Crippen LogP contribution in [-0.4, -0.2) is 0 Å². The molecule has 1 saturated carbocycles. The van der Waals surface area contributed by atoms with Gasteiger partial charge < -0.3 is 0 Å². The summed E-state index contributed by atoms with van der Waals surface area (Å²) in [6.07, 6.45) is 19.9. The van der Waals surface area contributed by atoms with Crippen molar-refractivity contribution < 1.29 is 17.6 Å². The molecule has 0 aliphatic heterocycles. The third kappa shape index (κ3) is 11.8. The van der Waals surface area contributed by atoms with Crippen LogP contribution in [0.5, 0.6) is 0 Å². The van der Waals surface area contributed by atoms with Gasteiger partial charge in [0.05, 0.1) is 5.56 Å². The van der Waals surface area contributed by atoms with Crippen molar-refractivity contribution in [1.82, 2.24) is 0 Å². The number of unbranched alkanes of at least 4 members (excludes halogenated alkanes) is 11. The summed E-state index contributed by atoms with van der Waals surface area (Å²) >= 11 is 0. The lowest BCUT2D eigenvalue weighted by Gasteiger charge is -2.28. The van der Waals surface area contributed by atoms with Crippen molar-refractivity contribution in [3.8, 4) is 0 Å². The molecule has 4 heteroatoms. The van der Waals surface area contributed by atoms with Gasteiger partial charge in [-0.25, -0.2) is 4.39 Å². The Morgan fingerprint density at radius 1 is 0.697 bits per heavy atom. The molecule has 0 amide bonds. The zero-order valence-electron chi connectivity index (χ0n) is 20.8. The molecule has 1 aliphatic carbocycles. The molecular formula is C29H46F4. The summed E-state index contributed by atoms with van der Waals surface area (Å²) in [5.41, 5.74) is -0.483. The summed E-state index contributed by atoms with van der Waals surface area (Å²) < 4.78 is 52.1. The van der Waals surface area contributed by atoms with E-state index >= 15 is 0 Å². The van der Waals surface area contributed by atoms with Gasteiger partial charge in [0, 0.05) is 0 Å². The smallest absolute Gasteiger partial charge is 0.207 e. The van der Waals surface area contributed by atoms with Gasteiger partial charge in [-0.15, -0.1) is 0 Å². The van der Waals surface area contributed by atoms with Gasteiger partial charge in [0.2, 0.25) is 0 Å². The molecule has 0 bridgehead atoms. The summed E-state index contributed by atoms with van der Waals surface area (Å²) in [5.74, 6) is 0.711. The van der Waals surface area contributed by atoms with Gasteiger partial charge in [-0.1, -0.05) is 122 Å². The van der Waals surface area contributed by atoms with Crippen molar-refractivity contribution in [2.75, 3.05) is 0 Å². The quantitative estimate of drug-likeness (QED) is 0.166. The Kier molecular flexibility index (Phi) is 13.5. The minimum Gasteiger partial charge on any atom is -0.207 e. The van der Waals surface area contributed by atoms with Crippen LogP contribution in [0.4, 0.5) is 17.6 Å². The third-order valence-electron chi connectivity index (χ3n) is 7.63. The molecule has 0 heterocycles. The first-order valence-electron chi connectivity index (χ1n) is 13.8. The molecule has 0 spiro atoms. The van der Waals surface area contributed by atoms with Crippen LogP contribution in [0.1, 0.15) is 134 Å². The molecule has 190 valence electrons. The molecule has 1 aliphatic rings. The minimum absolute atomic E-state index is 0.418. The van der Waals surface area contributed by atoms with Crippen LogP contribution in [0.15, 0.2) is 18.2 Å². The second kappa shape index (κ2) is 15.8. The zero-order valence-corrected chi connectivity index (χ0v) is 20.8. The molecule has 33 heavy (non-hydrogen) atoms. The van der Waals surface area contributed by atoms with Crippen molar-refractivity contribution in [1.29, 1.82) is 0 Å². The first-order valence-corrected chi connectivity index (χ1v) is 13.8. The fourth-order valence-corrected chi connectivity index (χ4v) is 5.37. The number of benzene rings is 1. The third-order valence-corrected chi connectivity index (χ3v) is 7.63. The maximum Gasteiger partial charge on any atom is 0.416 e. The van der Waals surface area contributed by atoms with E-state index in [1.54, 1.807) is 0 Å². The maximum absolute atomic E-state index is 14.0. The lowest BCUT2D eigenvalue weighted by molar-refractivity contribution is -0.137. The molecule has 1 fully saturated rings. The van der Waals surface area contributed by atoms with E-state index < -0.39 is 17.6 Å². The molecule has 0 aromatic heterocycles. The number of hydrogen-bond acceptors (Lipinski definition) is 0. The van der Waals surface area contributed by atoms with Crippen LogP contribution in [0.3, 0.4) is 0 Å². The van der Waals surface area contributed by atoms with E-state index in [0.717, 1.165) is 18.4 Å². The van der Waals surface area contributed by atoms with Gasteiger partial charge in [0.25, 0.3) is 0 Å². The molecule has 1 aromatic carbocycles. The number of alkyl halides is 3. The zero-order chi connectivity index (χ0) is 23.9. The van der Waals surface area contributed by atoms with E-state index in [-0.39, 0.29) is 0 Å². The van der Waals surface area contributed by atoms with E-state index in [4.69, 9.17) is 0 Å². The van der Waals surface area contributed by atoms with Gasteiger partial charge >= 0.3 is 6.18 Å². The van der Waals surface area contributed by atoms with E-state index in [2.05, 4.69) is 6.92 Å². The molecule has 0 N–H and O–H groups in total. The first-order chi connectivity index (χ1) is 15.9. The monoisotopic (exact) mass is 470 g/mol. The van der Waals surface area contributed by atoms with Crippen LogP contribution in [0.2, 0.25) is 0 Å². The highest BCUT2D eigenvalue weighted by molar-refractivity contribution is 5.26. The highest BCUT2D eigenvalue weighted by Crippen LogP contribution is 2.35. The Labute approximate surface area is 199 Å². The normalized spacial score (nSPS) is 19.2. The summed E-state index contributed by atoms with van der Waals surface area (Å²) in [7, 11) is 0. The molecule has 0 saturated heterocycles. The largest absolute Gasteiger partial charge is 0.416 e. The molecule has 0 nitrogen and oxygen atoms in total. The number of rotatable bonds is 16. The van der Waals surface area contributed by atoms with Gasteiger partial charge in [0.1, 0.15) is 5.82 Å². The Balaban J connectivity index is 1.47. The van der Waals surface area contributed by atoms with Crippen LogP contribution in [0, 0.1) is 17.7 Å². The second-order valence-corrected chi connectivity index (χ2v) is 10.4. The summed E-state index contributed by atoms with van der Waals surface area (Å²) in [6, 6.07) is 2.96. The average Bonchev–Trinajstić information content (AvgIpc) is 2.79. The number of aryl methyl sites for hydroxylation is 1. The highest BCUT2D eigenvalue weighted by Gasteiger charge is 2.31. The topological polar surface area (TPSA) is 0 Å². The van der Waals surface area contributed by atoms with Crippen LogP contribution in [0.25, 0.3) is 0 Å². The van der Waals surface area contributed by atoms with Crippen LogP contribution < -0.4 is 0 Å². The SMILES string of the molecule is CCCCCCCCCCCCCCC1CCC(CCc2ccc(C(F)(F)F)cc2F)CC1. The second-order valence-electron chi connectivity index (χ2n) is 10.4. The van der Waals surface area contributed by atoms with Crippen molar-refractivity contribution in [3.63, 3.8) is 0 Å². The molecule has 1 aromatic rings. The van der Waals surface area contributed by atoms with Crippen LogP contribution >= 0.6 is 0 Å². The standard InChI is InChI=1S/C29H46F4/c1-2-3-4-5-6-7-8-9-10-11-12-13-14-24-15-17-25(18-16-24)19-20-26-21-22-27(23-28(26)30)29(31,32)33/h21-25H,2-20H2,1H3. The lowest BCUT2D eigenvalue weighted by atomic mass is 9.77. The summed E-state index contributed by atoms with van der Waals surface area (Å²) in [5, 5.41) is 0. The molecule has 0 unspecified atom stereocenters. The lowest BCUT2D eigenvalue weighted by Crippen LogP contribution is -2.15. The fourth-order valence-electron chi connectivity index (χ4n) is 5.37. The predicted molar refractivity (Wildman–Crippen MR) is 131 cm³/mol. The minimum atomic E-state index is -4.48. The van der Waals surface area contributed by atoms with Crippen molar-refractivity contribution in [2.45, 2.75) is 135 Å². The van der Waals surface area contributed by atoms with E-state index in [1.165, 1.54) is 115 Å². The van der Waals surface area contributed by atoms with Crippen molar-refractivity contribution >= 4 is 0 Å². The Morgan fingerprint density at radius 2 is 1.18 bits per heavy atom. The molecule has 2 rings (SSSR count). The number of hydrogen-bond donors (Lipinski definition) is 0. The predicted octanol–water partition coefficient (Wildman–Crippen LogP) is 10.7. The Hall–Kier alpha value is -1.06. The average molecular weight is 471 g/mol. The van der Waals surface area contributed by atoms with E-state index in [9.17, 15) is 17.6 Å². The number of halogens is 4. The fraction of sp³-hybridized carbons (Fsp3) is 0.793. The Morgan fingerprint density at radius 3 is 1.67 bits per heavy atom. The van der Waals surface area contributed by atoms with Gasteiger partial charge in [-0.3, -0.25) is 0 Å². The molecule has 0 radical (unpaired) electrons. The Bertz CT molecular complexity index is 629. The first kappa shape index (κ1) is 28.2. The summed E-state index contributed by atoms with van der Waals surface area (Å²) in [6.45, 7) is 2.27. The van der Waals surface area contributed by atoms with Gasteiger partial charge in [-0.05, 0) is 42.4 Å². The van der Waals surface area contributed by atoms with E-state index in [1.807, 2.05) is 0 Å².